The molecular weight excluding hydrogens is 454 g/mol. The van der Waals surface area contributed by atoms with E-state index in [2.05, 4.69) is 0 Å². The fourth-order valence-electron chi connectivity index (χ4n) is 3.01. The van der Waals surface area contributed by atoms with Crippen molar-refractivity contribution >= 4 is 27.8 Å². The molecule has 0 aromatic heterocycles. The van der Waals surface area contributed by atoms with Gasteiger partial charge in [-0.15, -0.1) is 11.8 Å². The summed E-state index contributed by atoms with van der Waals surface area (Å²) in [6, 6.07) is 10.0. The summed E-state index contributed by atoms with van der Waals surface area (Å²) in [6.45, 7) is 4.12. The number of methoxy groups -OCH3 is 2. The molecule has 10 heteroatoms. The first-order valence-electron chi connectivity index (χ1n) is 10.0. The molecule has 0 spiro atoms. The lowest BCUT2D eigenvalue weighted by Crippen LogP contribution is -2.33. The zero-order valence-electron chi connectivity index (χ0n) is 18.7. The van der Waals surface area contributed by atoms with Crippen molar-refractivity contribution in [1.82, 2.24) is 4.31 Å². The topological polar surface area (TPSA) is 102 Å². The fourth-order valence-corrected chi connectivity index (χ4v) is 5.64. The van der Waals surface area contributed by atoms with E-state index in [1.54, 1.807) is 12.1 Å². The second kappa shape index (κ2) is 12.0. The van der Waals surface area contributed by atoms with E-state index in [1.807, 2.05) is 26.0 Å². The van der Waals surface area contributed by atoms with E-state index in [0.29, 0.717) is 42.5 Å². The Kier molecular flexibility index (Phi) is 9.67. The number of thioether (sulfide) groups is 1. The highest BCUT2D eigenvalue weighted by molar-refractivity contribution is 7.99. The van der Waals surface area contributed by atoms with E-state index in [9.17, 15) is 13.2 Å². The van der Waals surface area contributed by atoms with Crippen LogP contribution in [0.1, 0.15) is 18.9 Å². The van der Waals surface area contributed by atoms with Crippen molar-refractivity contribution in [2.75, 3.05) is 39.7 Å². The van der Waals surface area contributed by atoms with Gasteiger partial charge in [-0.25, -0.2) is 13.2 Å². The van der Waals surface area contributed by atoms with Crippen LogP contribution in [0, 0.1) is 6.92 Å². The Hall–Kier alpha value is -2.43. The van der Waals surface area contributed by atoms with Crippen molar-refractivity contribution in [1.29, 1.82) is 0 Å². The molecule has 2 rings (SSSR count). The molecule has 0 bridgehead atoms. The molecule has 0 heterocycles. The number of rotatable bonds is 13. The van der Waals surface area contributed by atoms with Gasteiger partial charge in [-0.1, -0.05) is 6.92 Å². The van der Waals surface area contributed by atoms with Crippen molar-refractivity contribution in [3.05, 3.63) is 42.0 Å². The minimum atomic E-state index is -3.70. The van der Waals surface area contributed by atoms with Crippen LogP contribution in [0.4, 0.5) is 0 Å². The van der Waals surface area contributed by atoms with Gasteiger partial charge in [0.15, 0.2) is 18.1 Å². The Bertz CT molecular complexity index is 1020. The largest absolute Gasteiger partial charge is 0.493 e. The van der Waals surface area contributed by atoms with E-state index < -0.39 is 22.6 Å². The van der Waals surface area contributed by atoms with E-state index in [0.717, 1.165) is 10.5 Å². The number of aliphatic carboxylic acids is 1. The minimum Gasteiger partial charge on any atom is -0.493 e. The highest BCUT2D eigenvalue weighted by Crippen LogP contribution is 2.31. The summed E-state index contributed by atoms with van der Waals surface area (Å²) >= 11 is 1.52. The van der Waals surface area contributed by atoms with Crippen molar-refractivity contribution in [2.45, 2.75) is 30.1 Å². The van der Waals surface area contributed by atoms with Gasteiger partial charge >= 0.3 is 5.97 Å². The lowest BCUT2D eigenvalue weighted by Gasteiger charge is -2.22. The number of carbonyl (C=O) groups is 1. The van der Waals surface area contributed by atoms with Gasteiger partial charge in [-0.3, -0.25) is 0 Å². The van der Waals surface area contributed by atoms with Crippen LogP contribution in [0.5, 0.6) is 17.2 Å². The van der Waals surface area contributed by atoms with Crippen molar-refractivity contribution < 1.29 is 32.5 Å². The molecule has 0 aliphatic heterocycles. The molecule has 1 N–H and O–H groups in total. The van der Waals surface area contributed by atoms with Gasteiger partial charge < -0.3 is 19.3 Å². The van der Waals surface area contributed by atoms with Crippen LogP contribution in [0.3, 0.4) is 0 Å². The SMILES string of the molecule is CCCN(CCSc1ccc(OCC(=O)O)c(C)c1)S(=O)(=O)c1ccc(OC)c(OC)c1. The van der Waals surface area contributed by atoms with Crippen LogP contribution in [0.15, 0.2) is 46.2 Å². The molecule has 2 aromatic carbocycles. The molecule has 0 aliphatic rings. The Labute approximate surface area is 193 Å². The first-order valence-corrected chi connectivity index (χ1v) is 12.5. The average molecular weight is 484 g/mol. The van der Waals surface area contributed by atoms with Gasteiger partial charge in [0.2, 0.25) is 10.0 Å². The monoisotopic (exact) mass is 483 g/mol. The number of hydrogen-bond donors (Lipinski definition) is 1. The van der Waals surface area contributed by atoms with Crippen LogP contribution in [0.25, 0.3) is 0 Å². The zero-order valence-corrected chi connectivity index (χ0v) is 20.3. The van der Waals surface area contributed by atoms with Gasteiger partial charge in [0.1, 0.15) is 5.75 Å². The molecule has 32 heavy (non-hydrogen) atoms. The van der Waals surface area contributed by atoms with Crippen LogP contribution in [-0.4, -0.2) is 63.5 Å². The standard InChI is InChI=1S/C22H29NO7S2/c1-5-10-23(32(26,27)18-7-9-20(28-3)21(14-18)29-4)11-12-31-17-6-8-19(16(2)13-17)30-15-22(24)25/h6-9,13-14H,5,10-12,15H2,1-4H3,(H,24,25). The number of carboxylic acid groups (broad SMARTS) is 1. The molecule has 0 amide bonds. The number of ether oxygens (including phenoxy) is 3. The quantitative estimate of drug-likeness (QED) is 0.431. The van der Waals surface area contributed by atoms with Crippen molar-refractivity contribution in [2.24, 2.45) is 0 Å². The normalized spacial score (nSPS) is 11.4. The van der Waals surface area contributed by atoms with Gasteiger partial charge in [0, 0.05) is 29.8 Å². The maximum atomic E-state index is 13.2. The molecule has 0 radical (unpaired) electrons. The number of hydrogen-bond acceptors (Lipinski definition) is 7. The zero-order chi connectivity index (χ0) is 23.7. The fraction of sp³-hybridized carbons (Fsp3) is 0.409. The Morgan fingerprint density at radius 1 is 1.03 bits per heavy atom. The smallest absolute Gasteiger partial charge is 0.341 e. The molecule has 0 fully saturated rings. The summed E-state index contributed by atoms with van der Waals surface area (Å²) in [5, 5.41) is 8.74. The number of benzene rings is 2. The summed E-state index contributed by atoms with van der Waals surface area (Å²) in [6.07, 6.45) is 0.686. The summed E-state index contributed by atoms with van der Waals surface area (Å²) in [5.74, 6) is 0.867. The Balaban J connectivity index is 2.09. The van der Waals surface area contributed by atoms with Gasteiger partial charge in [0.25, 0.3) is 0 Å². The first kappa shape index (κ1) is 25.8. The third kappa shape index (κ3) is 6.78. The van der Waals surface area contributed by atoms with Crippen LogP contribution in [0.2, 0.25) is 0 Å². The number of sulfonamides is 1. The first-order chi connectivity index (χ1) is 15.2. The third-order valence-electron chi connectivity index (χ3n) is 4.57. The van der Waals surface area contributed by atoms with Crippen LogP contribution < -0.4 is 14.2 Å². The second-order valence-electron chi connectivity index (χ2n) is 6.88. The summed E-state index contributed by atoms with van der Waals surface area (Å²) in [5.41, 5.74) is 0.819. The van der Waals surface area contributed by atoms with Crippen molar-refractivity contribution in [3.63, 3.8) is 0 Å². The predicted molar refractivity (Wildman–Crippen MR) is 124 cm³/mol. The average Bonchev–Trinajstić information content (AvgIpc) is 2.77. The van der Waals surface area contributed by atoms with E-state index in [4.69, 9.17) is 19.3 Å². The molecular formula is C22H29NO7S2. The lowest BCUT2D eigenvalue weighted by atomic mass is 10.2. The molecule has 0 saturated heterocycles. The number of nitrogens with zero attached hydrogens (tertiary/aromatic N) is 1. The second-order valence-corrected chi connectivity index (χ2v) is 9.99. The Morgan fingerprint density at radius 3 is 2.31 bits per heavy atom. The minimum absolute atomic E-state index is 0.157. The molecule has 0 atom stereocenters. The lowest BCUT2D eigenvalue weighted by molar-refractivity contribution is -0.139. The highest BCUT2D eigenvalue weighted by Gasteiger charge is 2.25. The Morgan fingerprint density at radius 2 is 1.72 bits per heavy atom. The number of aryl methyl sites for hydroxylation is 1. The molecule has 8 nitrogen and oxygen atoms in total. The molecule has 2 aromatic rings. The van der Waals surface area contributed by atoms with Gasteiger partial charge in [-0.05, 0) is 49.2 Å². The van der Waals surface area contributed by atoms with Crippen molar-refractivity contribution in [3.8, 4) is 17.2 Å². The maximum absolute atomic E-state index is 13.2. The van der Waals surface area contributed by atoms with E-state index in [-0.39, 0.29) is 4.90 Å². The summed E-state index contributed by atoms with van der Waals surface area (Å²) in [4.78, 5) is 11.8. The predicted octanol–water partition coefficient (Wildman–Crippen LogP) is 3.67. The molecule has 0 aliphatic carbocycles. The highest BCUT2D eigenvalue weighted by atomic mass is 32.2. The van der Waals surface area contributed by atoms with Crippen LogP contribution in [-0.2, 0) is 14.8 Å². The molecule has 0 unspecified atom stereocenters. The molecule has 0 saturated carbocycles. The van der Waals surface area contributed by atoms with Gasteiger partial charge in [-0.2, -0.15) is 4.31 Å². The molecule has 176 valence electrons. The summed E-state index contributed by atoms with van der Waals surface area (Å²) in [7, 11) is -0.731. The maximum Gasteiger partial charge on any atom is 0.341 e. The van der Waals surface area contributed by atoms with Gasteiger partial charge in [0.05, 0.1) is 19.1 Å². The van der Waals surface area contributed by atoms with E-state index in [1.165, 1.54) is 42.4 Å². The van der Waals surface area contributed by atoms with E-state index >= 15 is 0 Å². The number of carboxylic acids is 1. The third-order valence-corrected chi connectivity index (χ3v) is 7.44. The summed E-state index contributed by atoms with van der Waals surface area (Å²) < 4.78 is 43.6. The van der Waals surface area contributed by atoms with Crippen LogP contribution >= 0.6 is 11.8 Å².